The minimum atomic E-state index is -3.45. The number of sulfonamides is 1. The maximum atomic E-state index is 12.5. The summed E-state index contributed by atoms with van der Waals surface area (Å²) >= 11 is 0. The average molecular weight is 441 g/mol. The molecule has 2 N–H and O–H groups in total. The van der Waals surface area contributed by atoms with E-state index in [1.165, 1.54) is 4.31 Å². The van der Waals surface area contributed by atoms with Crippen molar-refractivity contribution < 1.29 is 22.7 Å². The fourth-order valence-electron chi connectivity index (χ4n) is 3.75. The third-order valence-corrected chi connectivity index (χ3v) is 7.06. The molecule has 30 heavy (non-hydrogen) atoms. The van der Waals surface area contributed by atoms with Gasteiger partial charge >= 0.3 is 6.03 Å². The largest absolute Gasteiger partial charge is 0.378 e. The van der Waals surface area contributed by atoms with Crippen LogP contribution in [-0.2, 0) is 19.5 Å². The molecule has 2 atom stereocenters. The van der Waals surface area contributed by atoms with Gasteiger partial charge in [-0.15, -0.1) is 0 Å². The number of amides is 2. The van der Waals surface area contributed by atoms with Crippen LogP contribution in [0, 0.1) is 6.92 Å². The molecule has 2 heterocycles. The van der Waals surface area contributed by atoms with Crippen molar-refractivity contribution in [2.75, 3.05) is 61.9 Å². The normalized spacial score (nSPS) is 23.2. The fourth-order valence-corrected chi connectivity index (χ4v) is 5.25. The molecular weight excluding hydrogens is 408 g/mol. The first-order valence-electron chi connectivity index (χ1n) is 10.4. The lowest BCUT2D eigenvalue weighted by atomic mass is 10.1. The van der Waals surface area contributed by atoms with E-state index in [0.717, 1.165) is 24.3 Å². The lowest BCUT2D eigenvalue weighted by Gasteiger charge is -2.34. The maximum Gasteiger partial charge on any atom is 0.319 e. The first kappa shape index (κ1) is 22.8. The average Bonchev–Trinajstić information content (AvgIpc) is 2.69. The van der Waals surface area contributed by atoms with Crippen LogP contribution in [0.5, 0.6) is 0 Å². The molecule has 2 saturated heterocycles. The van der Waals surface area contributed by atoms with Gasteiger partial charge in [-0.25, -0.2) is 13.2 Å². The number of urea groups is 1. The van der Waals surface area contributed by atoms with Gasteiger partial charge in [0, 0.05) is 44.1 Å². The number of rotatable bonds is 6. The number of carbonyl (C=O) groups excluding carboxylic acids is 1. The molecule has 0 spiro atoms. The molecule has 2 aliphatic rings. The number of morpholine rings is 2. The molecule has 0 aliphatic carbocycles. The first-order valence-corrected chi connectivity index (χ1v) is 12.0. The van der Waals surface area contributed by atoms with Crippen LogP contribution in [0.3, 0.4) is 0 Å². The first-order chi connectivity index (χ1) is 14.2. The van der Waals surface area contributed by atoms with Crippen LogP contribution >= 0.6 is 0 Å². The van der Waals surface area contributed by atoms with Crippen LogP contribution < -0.4 is 15.5 Å². The van der Waals surface area contributed by atoms with E-state index in [0.29, 0.717) is 32.0 Å². The van der Waals surface area contributed by atoms with Gasteiger partial charge < -0.3 is 25.0 Å². The Balaban J connectivity index is 1.48. The van der Waals surface area contributed by atoms with Crippen molar-refractivity contribution in [2.45, 2.75) is 33.0 Å². The number of ether oxygens (including phenoxy) is 2. The summed E-state index contributed by atoms with van der Waals surface area (Å²) in [7, 11) is -3.45. The van der Waals surface area contributed by atoms with E-state index in [1.807, 2.05) is 39.0 Å². The monoisotopic (exact) mass is 440 g/mol. The highest BCUT2D eigenvalue weighted by Gasteiger charge is 2.30. The molecule has 2 amide bonds. The van der Waals surface area contributed by atoms with Gasteiger partial charge in [0.05, 0.1) is 31.2 Å². The minimum absolute atomic E-state index is 0.0409. The van der Waals surface area contributed by atoms with Crippen molar-refractivity contribution in [1.82, 2.24) is 9.62 Å². The molecular formula is C20H32N4O5S. The minimum Gasteiger partial charge on any atom is -0.378 e. The van der Waals surface area contributed by atoms with Crippen molar-refractivity contribution in [3.05, 3.63) is 23.8 Å². The van der Waals surface area contributed by atoms with E-state index in [4.69, 9.17) is 9.47 Å². The fraction of sp³-hybridized carbons (Fsp3) is 0.650. The summed E-state index contributed by atoms with van der Waals surface area (Å²) in [6.45, 7) is 9.50. The Hall–Kier alpha value is -1.88. The summed E-state index contributed by atoms with van der Waals surface area (Å²) in [5.41, 5.74) is 2.74. The summed E-state index contributed by atoms with van der Waals surface area (Å²) in [5, 5.41) is 5.44. The van der Waals surface area contributed by atoms with Gasteiger partial charge in [0.15, 0.2) is 0 Å². The highest BCUT2D eigenvalue weighted by molar-refractivity contribution is 7.89. The van der Waals surface area contributed by atoms with Crippen LogP contribution in [0.25, 0.3) is 0 Å². The molecule has 0 saturated carbocycles. The number of hydrogen-bond donors (Lipinski definition) is 2. The number of aryl methyl sites for hydroxylation is 1. The Kier molecular flexibility index (Phi) is 7.56. The Bertz CT molecular complexity index is 832. The Labute approximate surface area is 178 Å². The van der Waals surface area contributed by atoms with Crippen molar-refractivity contribution in [3.63, 3.8) is 0 Å². The zero-order chi connectivity index (χ0) is 21.7. The van der Waals surface area contributed by atoms with Crippen molar-refractivity contribution in [1.29, 1.82) is 0 Å². The molecule has 9 nitrogen and oxygen atoms in total. The van der Waals surface area contributed by atoms with Gasteiger partial charge in [0.2, 0.25) is 10.0 Å². The van der Waals surface area contributed by atoms with Gasteiger partial charge in [-0.1, -0.05) is 0 Å². The van der Waals surface area contributed by atoms with Crippen molar-refractivity contribution in [2.24, 2.45) is 0 Å². The molecule has 3 rings (SSSR count). The summed E-state index contributed by atoms with van der Waals surface area (Å²) in [6, 6.07) is 5.45. The summed E-state index contributed by atoms with van der Waals surface area (Å²) < 4.78 is 37.5. The smallest absolute Gasteiger partial charge is 0.319 e. The van der Waals surface area contributed by atoms with E-state index >= 15 is 0 Å². The van der Waals surface area contributed by atoms with Gasteiger partial charge in [-0.2, -0.15) is 4.31 Å². The predicted octanol–water partition coefficient (Wildman–Crippen LogP) is 1.39. The Morgan fingerprint density at radius 3 is 2.47 bits per heavy atom. The molecule has 168 valence electrons. The Morgan fingerprint density at radius 2 is 1.83 bits per heavy atom. The second-order valence-corrected chi connectivity index (χ2v) is 9.96. The lowest BCUT2D eigenvalue weighted by Crippen LogP contribution is -2.49. The van der Waals surface area contributed by atoms with E-state index in [9.17, 15) is 13.2 Å². The summed E-state index contributed by atoms with van der Waals surface area (Å²) in [4.78, 5) is 14.5. The summed E-state index contributed by atoms with van der Waals surface area (Å²) in [6.07, 6.45) is -0.272. The van der Waals surface area contributed by atoms with Crippen LogP contribution in [0.2, 0.25) is 0 Å². The van der Waals surface area contributed by atoms with E-state index in [2.05, 4.69) is 15.5 Å². The van der Waals surface area contributed by atoms with Crippen molar-refractivity contribution in [3.8, 4) is 0 Å². The van der Waals surface area contributed by atoms with Gasteiger partial charge in [0.25, 0.3) is 0 Å². The number of benzene rings is 1. The standard InChI is InChI=1S/C20H32N4O5S/c1-15-12-18(23-7-9-28-10-8-23)4-5-19(15)22-20(25)21-6-11-30(26,27)24-13-16(2)29-17(3)14-24/h4-5,12,16-17H,6-11,13-14H2,1-3H3,(H2,21,22,25)/t16-,17-/m1/s1. The zero-order valence-electron chi connectivity index (χ0n) is 17.9. The number of hydrogen-bond acceptors (Lipinski definition) is 6. The van der Waals surface area contributed by atoms with Gasteiger partial charge in [-0.3, -0.25) is 0 Å². The number of nitrogens with zero attached hydrogens (tertiary/aromatic N) is 2. The number of carbonyl (C=O) groups is 1. The van der Waals surface area contributed by atoms with E-state index in [1.54, 1.807) is 0 Å². The molecule has 0 unspecified atom stereocenters. The SMILES string of the molecule is Cc1cc(N2CCOCC2)ccc1NC(=O)NCCS(=O)(=O)N1C[C@@H](C)O[C@H](C)C1. The second kappa shape index (κ2) is 9.95. The van der Waals surface area contributed by atoms with Gasteiger partial charge in [0.1, 0.15) is 0 Å². The molecule has 0 aromatic heterocycles. The lowest BCUT2D eigenvalue weighted by molar-refractivity contribution is -0.0440. The predicted molar refractivity (Wildman–Crippen MR) is 117 cm³/mol. The van der Waals surface area contributed by atoms with Gasteiger partial charge in [-0.05, 0) is 44.5 Å². The zero-order valence-corrected chi connectivity index (χ0v) is 18.7. The van der Waals surface area contributed by atoms with E-state index in [-0.39, 0.29) is 24.5 Å². The third kappa shape index (κ3) is 6.07. The van der Waals surface area contributed by atoms with Crippen molar-refractivity contribution >= 4 is 27.4 Å². The molecule has 2 fully saturated rings. The van der Waals surface area contributed by atoms with E-state index < -0.39 is 16.1 Å². The molecule has 0 bridgehead atoms. The highest BCUT2D eigenvalue weighted by Crippen LogP contribution is 2.23. The number of anilines is 2. The summed E-state index contributed by atoms with van der Waals surface area (Å²) in [5.74, 6) is -0.144. The second-order valence-electron chi connectivity index (χ2n) is 7.87. The molecule has 1 aromatic carbocycles. The van der Waals surface area contributed by atoms with Crippen LogP contribution in [0.4, 0.5) is 16.2 Å². The quantitative estimate of drug-likeness (QED) is 0.694. The molecule has 0 radical (unpaired) electrons. The molecule has 10 heteroatoms. The molecule has 1 aromatic rings. The topological polar surface area (TPSA) is 100 Å². The Morgan fingerprint density at radius 1 is 1.17 bits per heavy atom. The van der Waals surface area contributed by atoms with Crippen LogP contribution in [0.15, 0.2) is 18.2 Å². The van der Waals surface area contributed by atoms with Crippen LogP contribution in [-0.4, -0.2) is 82.7 Å². The van der Waals surface area contributed by atoms with Crippen LogP contribution in [0.1, 0.15) is 19.4 Å². The third-order valence-electron chi connectivity index (χ3n) is 5.26. The molecule has 2 aliphatic heterocycles. The maximum absolute atomic E-state index is 12.5. The highest BCUT2D eigenvalue weighted by atomic mass is 32.2. The number of nitrogens with one attached hydrogen (secondary N) is 2.